The number of amides is 3. The molecule has 0 bridgehead atoms. The molecule has 1 saturated heterocycles. The number of hydrogen-bond acceptors (Lipinski definition) is 6. The Kier molecular flexibility index (Phi) is 7.73. The van der Waals surface area contributed by atoms with Crippen molar-refractivity contribution in [2.75, 3.05) is 13.1 Å². The van der Waals surface area contributed by atoms with Crippen molar-refractivity contribution in [1.29, 1.82) is 0 Å². The maximum absolute atomic E-state index is 14.1. The zero-order valence-electron chi connectivity index (χ0n) is 21.7. The normalized spacial score (nSPS) is 14.3. The Balaban J connectivity index is 1.87. The summed E-state index contributed by atoms with van der Waals surface area (Å²) < 4.78 is 5.37. The van der Waals surface area contributed by atoms with Crippen molar-refractivity contribution in [3.63, 3.8) is 0 Å². The molecule has 1 fully saturated rings. The molecule has 0 unspecified atom stereocenters. The van der Waals surface area contributed by atoms with Crippen molar-refractivity contribution in [3.05, 3.63) is 74.8 Å². The van der Waals surface area contributed by atoms with Crippen LogP contribution < -0.4 is 10.9 Å². The van der Waals surface area contributed by atoms with E-state index in [0.29, 0.717) is 29.3 Å². The van der Waals surface area contributed by atoms with E-state index in [0.717, 1.165) is 17.9 Å². The molecule has 2 N–H and O–H groups in total. The van der Waals surface area contributed by atoms with E-state index in [1.165, 1.54) is 18.2 Å². The number of nitrogens with zero attached hydrogens (tertiary/aromatic N) is 3. The fourth-order valence-corrected chi connectivity index (χ4v) is 4.48. The van der Waals surface area contributed by atoms with E-state index in [-0.39, 0.29) is 11.1 Å². The molecule has 4 rings (SSSR count). The third kappa shape index (κ3) is 5.80. The van der Waals surface area contributed by atoms with Crippen molar-refractivity contribution >= 4 is 40.4 Å². The summed E-state index contributed by atoms with van der Waals surface area (Å²) in [7, 11) is 0. The maximum Gasteiger partial charge on any atom is 0.426 e. The molecule has 0 saturated carbocycles. The van der Waals surface area contributed by atoms with E-state index in [4.69, 9.17) is 16.3 Å². The van der Waals surface area contributed by atoms with Gasteiger partial charge in [0.15, 0.2) is 0 Å². The van der Waals surface area contributed by atoms with Gasteiger partial charge in [-0.25, -0.2) is 15.2 Å². The Hall–Kier alpha value is -3.92. The van der Waals surface area contributed by atoms with Crippen LogP contribution in [0.25, 0.3) is 10.9 Å². The van der Waals surface area contributed by atoms with E-state index >= 15 is 0 Å². The van der Waals surface area contributed by atoms with Gasteiger partial charge in [0.1, 0.15) is 16.9 Å². The molecule has 0 aliphatic carbocycles. The second kappa shape index (κ2) is 10.8. The molecule has 3 aromatic rings. The molecule has 38 heavy (non-hydrogen) atoms. The quantitative estimate of drug-likeness (QED) is 0.472. The maximum atomic E-state index is 14.1. The first kappa shape index (κ1) is 27.1. The smallest absolute Gasteiger partial charge is 0.426 e. The number of ether oxygens (including phenoxy) is 1. The molecule has 3 amide bonds. The number of pyridine rings is 2. The molecule has 0 radical (unpaired) electrons. The molecular formula is C27H30ClN5O5. The summed E-state index contributed by atoms with van der Waals surface area (Å²) in [5.41, 5.74) is 1.19. The summed E-state index contributed by atoms with van der Waals surface area (Å²) in [4.78, 5) is 63.1. The molecule has 1 aromatic carbocycles. The molecule has 3 heterocycles. The minimum Gasteiger partial charge on any atom is -0.443 e. The van der Waals surface area contributed by atoms with Crippen LogP contribution in [0.2, 0.25) is 5.02 Å². The number of rotatable bonds is 4. The van der Waals surface area contributed by atoms with Gasteiger partial charge in [-0.2, -0.15) is 0 Å². The predicted octanol–water partition coefficient (Wildman–Crippen LogP) is 4.46. The first-order valence-corrected chi connectivity index (χ1v) is 12.7. The van der Waals surface area contributed by atoms with Crippen LogP contribution in [-0.2, 0) is 4.74 Å². The lowest BCUT2D eigenvalue weighted by molar-refractivity contribution is 0.0222. The van der Waals surface area contributed by atoms with Gasteiger partial charge in [0.05, 0.1) is 17.3 Å². The third-order valence-corrected chi connectivity index (χ3v) is 6.35. The highest BCUT2D eigenvalue weighted by atomic mass is 35.5. The predicted molar refractivity (Wildman–Crippen MR) is 143 cm³/mol. The largest absolute Gasteiger partial charge is 0.443 e. The number of likely N-dealkylation sites (tertiary alicyclic amines) is 1. The fourth-order valence-electron chi connectivity index (χ4n) is 4.30. The van der Waals surface area contributed by atoms with Crippen LogP contribution in [0.4, 0.5) is 4.79 Å². The number of carbonyl (C=O) groups excluding carboxylic acids is 3. The van der Waals surface area contributed by atoms with Gasteiger partial charge >= 0.3 is 6.09 Å². The highest BCUT2D eigenvalue weighted by Gasteiger charge is 2.34. The van der Waals surface area contributed by atoms with Crippen LogP contribution in [0, 0.1) is 0 Å². The number of carbonyl (C=O) groups is 3. The highest BCUT2D eigenvalue weighted by molar-refractivity contribution is 6.31. The van der Waals surface area contributed by atoms with Crippen molar-refractivity contribution in [1.82, 2.24) is 25.3 Å². The van der Waals surface area contributed by atoms with Crippen LogP contribution in [-0.4, -0.2) is 56.5 Å². The Morgan fingerprint density at radius 3 is 2.50 bits per heavy atom. The second-order valence-corrected chi connectivity index (χ2v) is 10.5. The number of aromatic nitrogens is 2. The van der Waals surface area contributed by atoms with Gasteiger partial charge < -0.3 is 14.6 Å². The molecule has 2 aromatic heterocycles. The molecule has 1 aliphatic heterocycles. The molecule has 200 valence electrons. The van der Waals surface area contributed by atoms with Crippen molar-refractivity contribution in [2.45, 2.75) is 52.2 Å². The van der Waals surface area contributed by atoms with E-state index in [2.05, 4.69) is 15.4 Å². The minimum absolute atomic E-state index is 0.166. The summed E-state index contributed by atoms with van der Waals surface area (Å²) >= 11 is 6.14. The van der Waals surface area contributed by atoms with Gasteiger partial charge in [-0.3, -0.25) is 19.4 Å². The van der Waals surface area contributed by atoms with Crippen LogP contribution >= 0.6 is 11.6 Å². The molecule has 1 atom stereocenters. The minimum atomic E-state index is -0.898. The van der Waals surface area contributed by atoms with E-state index < -0.39 is 40.5 Å². The number of nitrogens with one attached hydrogen (secondary N) is 2. The number of hydrogen-bond donors (Lipinski definition) is 2. The first-order chi connectivity index (χ1) is 18.0. The first-order valence-electron chi connectivity index (χ1n) is 12.3. The molecule has 11 heteroatoms. The average Bonchev–Trinajstić information content (AvgIpc) is 3.40. The molecule has 1 aliphatic rings. The average molecular weight is 540 g/mol. The Morgan fingerprint density at radius 2 is 1.87 bits per heavy atom. The summed E-state index contributed by atoms with van der Waals surface area (Å²) in [5, 5.41) is 1.52. The van der Waals surface area contributed by atoms with Crippen molar-refractivity contribution < 1.29 is 19.1 Å². The Bertz CT molecular complexity index is 1430. The zero-order chi connectivity index (χ0) is 27.6. The van der Waals surface area contributed by atoms with Gasteiger partial charge in [-0.1, -0.05) is 17.7 Å². The van der Waals surface area contributed by atoms with E-state index in [1.54, 1.807) is 57.0 Å². The molecule has 0 spiro atoms. The Morgan fingerprint density at radius 1 is 1.16 bits per heavy atom. The fraction of sp³-hybridized carbons (Fsp3) is 0.370. The second-order valence-electron chi connectivity index (χ2n) is 10.1. The van der Waals surface area contributed by atoms with Gasteiger partial charge in [0, 0.05) is 29.7 Å². The number of H-pyrrole nitrogens is 1. The zero-order valence-corrected chi connectivity index (χ0v) is 22.5. The van der Waals surface area contributed by atoms with Crippen LogP contribution in [0.5, 0.6) is 0 Å². The lowest BCUT2D eigenvalue weighted by Gasteiger charge is -2.31. The van der Waals surface area contributed by atoms with Crippen LogP contribution in [0.15, 0.2) is 47.4 Å². The van der Waals surface area contributed by atoms with E-state index in [1.807, 2.05) is 0 Å². The van der Waals surface area contributed by atoms with E-state index in [9.17, 15) is 19.2 Å². The van der Waals surface area contributed by atoms with Crippen LogP contribution in [0.1, 0.15) is 73.1 Å². The van der Waals surface area contributed by atoms with Gasteiger partial charge in [0.25, 0.3) is 11.8 Å². The highest BCUT2D eigenvalue weighted by Crippen LogP contribution is 2.24. The number of benzene rings is 1. The topological polar surface area (TPSA) is 125 Å². The Labute approximate surface area is 224 Å². The number of hydrazine groups is 1. The number of fused-ring (bicyclic) bond motifs is 1. The summed E-state index contributed by atoms with van der Waals surface area (Å²) in [5.74, 6) is -1.36. The molecule has 10 nitrogen and oxygen atoms in total. The SMILES string of the molecule is C[C@@H](c1ccccn1)N(NC(=O)OC(C)(C)C)C(=O)c1c(C(=O)N2CCCC2)[nH]c2cc(Cl)ccc2c1=O. The van der Waals surface area contributed by atoms with Crippen molar-refractivity contribution in [2.24, 2.45) is 0 Å². The summed E-state index contributed by atoms with van der Waals surface area (Å²) in [6.45, 7) is 7.72. The lowest BCUT2D eigenvalue weighted by Crippen LogP contribution is -2.51. The summed E-state index contributed by atoms with van der Waals surface area (Å²) in [6.07, 6.45) is 2.30. The standard InChI is InChI=1S/C27H30ClN5O5/c1-16(19-9-5-6-12-29-19)33(31-26(37)38-27(2,3)4)24(35)21-22(25(36)32-13-7-8-14-32)30-20-15-17(28)10-11-18(20)23(21)34/h5-6,9-12,15-16H,7-8,13-14H2,1-4H3,(H,30,34)(H,31,37)/t16-/m0/s1. The number of halogens is 1. The third-order valence-electron chi connectivity index (χ3n) is 6.12. The van der Waals surface area contributed by atoms with Gasteiger partial charge in [0.2, 0.25) is 5.43 Å². The van der Waals surface area contributed by atoms with Gasteiger partial charge in [-0.05, 0) is 70.9 Å². The summed E-state index contributed by atoms with van der Waals surface area (Å²) in [6, 6.07) is 8.88. The molecular weight excluding hydrogens is 510 g/mol. The lowest BCUT2D eigenvalue weighted by atomic mass is 10.0. The monoisotopic (exact) mass is 539 g/mol. The number of aromatic amines is 1. The van der Waals surface area contributed by atoms with Crippen LogP contribution in [0.3, 0.4) is 0 Å². The van der Waals surface area contributed by atoms with Crippen molar-refractivity contribution in [3.8, 4) is 0 Å². The van der Waals surface area contributed by atoms with Gasteiger partial charge in [-0.15, -0.1) is 0 Å².